The van der Waals surface area contributed by atoms with Crippen LogP contribution < -0.4 is 10.1 Å². The van der Waals surface area contributed by atoms with E-state index in [0.29, 0.717) is 46.1 Å². The molecule has 2 aromatic carbocycles. The Balaban J connectivity index is 1.38. The summed E-state index contributed by atoms with van der Waals surface area (Å²) in [6, 6.07) is 13.3. The molecule has 0 saturated carbocycles. The number of nitro benzene ring substituents is 1. The highest BCUT2D eigenvalue weighted by Crippen LogP contribution is 2.33. The Morgan fingerprint density at radius 2 is 2.02 bits per heavy atom. The fourth-order valence-electron chi connectivity index (χ4n) is 4.53. The predicted octanol–water partition coefficient (Wildman–Crippen LogP) is 6.66. The normalized spacial score (nSPS) is 14.6. The minimum atomic E-state index is -0.637. The summed E-state index contributed by atoms with van der Waals surface area (Å²) in [6.45, 7) is 6.17. The number of fused-ring (bicyclic) bond motifs is 1. The zero-order valence-corrected chi connectivity index (χ0v) is 24.6. The lowest BCUT2D eigenvalue weighted by molar-refractivity contribution is -0.385. The fourth-order valence-corrected chi connectivity index (χ4v) is 4.76. The van der Waals surface area contributed by atoms with Crippen molar-refractivity contribution in [2.75, 3.05) is 11.9 Å². The van der Waals surface area contributed by atoms with Crippen LogP contribution in [-0.4, -0.2) is 49.1 Å². The van der Waals surface area contributed by atoms with Crippen LogP contribution in [0.5, 0.6) is 5.75 Å². The molecule has 1 amide bonds. The van der Waals surface area contributed by atoms with Crippen LogP contribution in [0.1, 0.15) is 44.9 Å². The average Bonchev–Trinajstić information content (AvgIpc) is 3.44. The SMILES string of the molecule is CC(C)(C)OC(=O)N1CCC[C@H]1C#Cc1cc2ncnc(Nc3ccc(OCc4ccccn4)c(Cl)c3)c2cc1[N+](=O)[O-]. The summed E-state index contributed by atoms with van der Waals surface area (Å²) in [5, 5.41) is 16.0. The van der Waals surface area contributed by atoms with Crippen molar-refractivity contribution in [3.05, 3.63) is 87.4 Å². The van der Waals surface area contributed by atoms with Crippen molar-refractivity contribution in [1.82, 2.24) is 19.9 Å². The summed E-state index contributed by atoms with van der Waals surface area (Å²) in [5.41, 5.74) is 1.19. The van der Waals surface area contributed by atoms with Gasteiger partial charge in [-0.1, -0.05) is 29.5 Å². The lowest BCUT2D eigenvalue weighted by Crippen LogP contribution is -2.39. The minimum absolute atomic E-state index is 0.190. The number of hydrogen-bond donors (Lipinski definition) is 1. The van der Waals surface area contributed by atoms with Gasteiger partial charge in [-0.2, -0.15) is 0 Å². The molecule has 0 aliphatic carbocycles. The Morgan fingerprint density at radius 1 is 1.19 bits per heavy atom. The highest BCUT2D eigenvalue weighted by Gasteiger charge is 2.31. The number of hydrogen-bond acceptors (Lipinski definition) is 9. The van der Waals surface area contributed by atoms with Crippen LogP contribution in [0.4, 0.5) is 22.0 Å². The van der Waals surface area contributed by atoms with Crippen LogP contribution in [0, 0.1) is 22.0 Å². The molecule has 1 fully saturated rings. The van der Waals surface area contributed by atoms with Crippen LogP contribution in [0.15, 0.2) is 61.1 Å². The van der Waals surface area contributed by atoms with Crippen LogP contribution in [0.3, 0.4) is 0 Å². The molecule has 3 heterocycles. The third-order valence-electron chi connectivity index (χ3n) is 6.50. The molecule has 4 aromatic rings. The number of ether oxygens (including phenoxy) is 2. The summed E-state index contributed by atoms with van der Waals surface area (Å²) in [7, 11) is 0. The molecule has 0 bridgehead atoms. The molecule has 2 aromatic heterocycles. The second kappa shape index (κ2) is 12.5. The highest BCUT2D eigenvalue weighted by molar-refractivity contribution is 6.32. The summed E-state index contributed by atoms with van der Waals surface area (Å²) in [6.07, 6.45) is 4.02. The standard InChI is InChI=1S/C31H29ClN6O5/c1-31(2,3)43-30(39)37-14-6-8-23(37)11-9-20-15-26-24(17-27(20)38(40)41)29(35-19-34-26)36-21-10-12-28(25(32)16-21)42-18-22-7-4-5-13-33-22/h4-5,7,10,12-13,15-17,19,23H,6,8,14,18H2,1-3H3,(H,34,35,36)/t23-/m0/s1. The Morgan fingerprint density at radius 3 is 2.74 bits per heavy atom. The molecule has 220 valence electrons. The average molecular weight is 601 g/mol. The molecule has 1 aliphatic rings. The van der Waals surface area contributed by atoms with Crippen LogP contribution in [0.25, 0.3) is 10.9 Å². The summed E-state index contributed by atoms with van der Waals surface area (Å²) in [5.74, 6) is 6.81. The first-order valence-electron chi connectivity index (χ1n) is 13.6. The topological polar surface area (TPSA) is 133 Å². The lowest BCUT2D eigenvalue weighted by Gasteiger charge is -2.26. The van der Waals surface area contributed by atoms with Gasteiger partial charge in [0.15, 0.2) is 0 Å². The molecule has 12 heteroatoms. The van der Waals surface area contributed by atoms with Gasteiger partial charge in [0.2, 0.25) is 0 Å². The highest BCUT2D eigenvalue weighted by atomic mass is 35.5. The van der Waals surface area contributed by atoms with Gasteiger partial charge in [-0.25, -0.2) is 14.8 Å². The quantitative estimate of drug-likeness (QED) is 0.146. The number of amides is 1. The number of nitrogens with one attached hydrogen (secondary N) is 1. The van der Waals surface area contributed by atoms with E-state index >= 15 is 0 Å². The van der Waals surface area contributed by atoms with E-state index in [1.54, 1.807) is 56.1 Å². The second-order valence-corrected chi connectivity index (χ2v) is 11.3. The number of likely N-dealkylation sites (tertiary alicyclic amines) is 1. The smallest absolute Gasteiger partial charge is 0.411 e. The van der Waals surface area contributed by atoms with Gasteiger partial charge >= 0.3 is 6.09 Å². The maximum absolute atomic E-state index is 12.6. The number of carbonyl (C=O) groups excluding carboxylic acids is 1. The van der Waals surface area contributed by atoms with Crippen LogP contribution in [-0.2, 0) is 11.3 Å². The van der Waals surface area contributed by atoms with Gasteiger partial charge in [0, 0.05) is 29.9 Å². The first-order chi connectivity index (χ1) is 20.6. The van der Waals surface area contributed by atoms with E-state index in [1.165, 1.54) is 12.4 Å². The van der Waals surface area contributed by atoms with Gasteiger partial charge in [-0.3, -0.25) is 20.0 Å². The Kier molecular flexibility index (Phi) is 8.59. The van der Waals surface area contributed by atoms with Gasteiger partial charge in [-0.15, -0.1) is 0 Å². The molecule has 43 heavy (non-hydrogen) atoms. The maximum atomic E-state index is 12.6. The number of carbonyl (C=O) groups is 1. The molecule has 0 radical (unpaired) electrons. The first-order valence-corrected chi connectivity index (χ1v) is 14.0. The van der Waals surface area contributed by atoms with Crippen LogP contribution in [0.2, 0.25) is 5.02 Å². The van der Waals surface area contributed by atoms with E-state index in [2.05, 4.69) is 32.1 Å². The summed E-state index contributed by atoms with van der Waals surface area (Å²) in [4.78, 5) is 38.6. The maximum Gasteiger partial charge on any atom is 0.411 e. The molecule has 0 spiro atoms. The third-order valence-corrected chi connectivity index (χ3v) is 6.80. The second-order valence-electron chi connectivity index (χ2n) is 10.8. The van der Waals surface area contributed by atoms with Crippen molar-refractivity contribution in [3.8, 4) is 17.6 Å². The van der Waals surface area contributed by atoms with Gasteiger partial charge < -0.3 is 14.8 Å². The predicted molar refractivity (Wildman–Crippen MR) is 162 cm³/mol. The van der Waals surface area contributed by atoms with Crippen molar-refractivity contribution in [2.45, 2.75) is 51.9 Å². The van der Waals surface area contributed by atoms with Gasteiger partial charge in [0.1, 0.15) is 35.7 Å². The Labute approximate surface area is 253 Å². The zero-order valence-electron chi connectivity index (χ0n) is 23.8. The lowest BCUT2D eigenvalue weighted by atomic mass is 10.1. The summed E-state index contributed by atoms with van der Waals surface area (Å²) >= 11 is 6.46. The molecular formula is C31H29ClN6O5. The van der Waals surface area contributed by atoms with Crippen molar-refractivity contribution in [3.63, 3.8) is 0 Å². The van der Waals surface area contributed by atoms with E-state index in [9.17, 15) is 14.9 Å². The number of halogens is 1. The van der Waals surface area contributed by atoms with Gasteiger partial charge in [0.25, 0.3) is 5.69 Å². The molecule has 1 saturated heterocycles. The number of pyridine rings is 1. The number of nitro groups is 1. The number of nitrogens with zero attached hydrogens (tertiary/aromatic N) is 5. The van der Waals surface area contributed by atoms with E-state index in [-0.39, 0.29) is 17.9 Å². The van der Waals surface area contributed by atoms with E-state index in [1.807, 2.05) is 18.2 Å². The van der Waals surface area contributed by atoms with Crippen molar-refractivity contribution >= 4 is 45.8 Å². The molecule has 11 nitrogen and oxygen atoms in total. The zero-order chi connectivity index (χ0) is 30.6. The fraction of sp³-hybridized carbons (Fsp3) is 0.290. The van der Waals surface area contributed by atoms with Gasteiger partial charge in [0.05, 0.1) is 27.2 Å². The number of benzene rings is 2. The Bertz CT molecular complexity index is 1730. The largest absolute Gasteiger partial charge is 0.486 e. The van der Waals surface area contributed by atoms with E-state index in [4.69, 9.17) is 21.1 Å². The molecule has 0 unspecified atom stereocenters. The number of anilines is 2. The monoisotopic (exact) mass is 600 g/mol. The molecular weight excluding hydrogens is 572 g/mol. The van der Waals surface area contributed by atoms with Crippen molar-refractivity contribution in [2.24, 2.45) is 0 Å². The number of aromatic nitrogens is 3. The van der Waals surface area contributed by atoms with Crippen LogP contribution >= 0.6 is 11.6 Å². The van der Waals surface area contributed by atoms with E-state index < -0.39 is 22.7 Å². The van der Waals surface area contributed by atoms with Crippen molar-refractivity contribution < 1.29 is 19.2 Å². The minimum Gasteiger partial charge on any atom is -0.486 e. The molecule has 5 rings (SSSR count). The molecule has 1 aliphatic heterocycles. The van der Waals surface area contributed by atoms with Gasteiger partial charge in [-0.05, 0) is 70.0 Å². The first kappa shape index (κ1) is 29.5. The third kappa shape index (κ3) is 7.28. The molecule has 1 N–H and O–H groups in total. The number of rotatable bonds is 6. The molecule has 1 atom stereocenters. The van der Waals surface area contributed by atoms with Crippen molar-refractivity contribution in [1.29, 1.82) is 0 Å². The Hall–Kier alpha value is -4.95. The summed E-state index contributed by atoms with van der Waals surface area (Å²) < 4.78 is 11.3. The van der Waals surface area contributed by atoms with E-state index in [0.717, 1.165) is 12.1 Å².